The maximum absolute atomic E-state index is 5.35. The molecular formula is C15H18N2O2. The van der Waals surface area contributed by atoms with Gasteiger partial charge in [-0.1, -0.05) is 30.6 Å². The van der Waals surface area contributed by atoms with Crippen molar-refractivity contribution in [3.05, 3.63) is 35.7 Å². The molecule has 0 N–H and O–H groups in total. The van der Waals surface area contributed by atoms with Crippen LogP contribution in [0.3, 0.4) is 0 Å². The maximum Gasteiger partial charge on any atom is 0.257 e. The minimum absolute atomic E-state index is 0.289. The number of benzene rings is 1. The summed E-state index contributed by atoms with van der Waals surface area (Å²) in [6, 6.07) is 8.35. The largest absolute Gasteiger partial charge is 0.381 e. The van der Waals surface area contributed by atoms with Gasteiger partial charge in [0, 0.05) is 18.1 Å². The molecule has 100 valence electrons. The van der Waals surface area contributed by atoms with Crippen LogP contribution in [0.5, 0.6) is 0 Å². The zero-order chi connectivity index (χ0) is 13.1. The average molecular weight is 258 g/mol. The lowest BCUT2D eigenvalue weighted by atomic mass is 10.1. The molecule has 1 aliphatic rings. The van der Waals surface area contributed by atoms with Crippen molar-refractivity contribution in [2.45, 2.75) is 32.1 Å². The lowest BCUT2D eigenvalue weighted by Crippen LogP contribution is -1.99. The van der Waals surface area contributed by atoms with E-state index in [0.717, 1.165) is 37.3 Å². The number of ether oxygens (including phenoxy) is 1. The van der Waals surface area contributed by atoms with Crippen molar-refractivity contribution in [2.75, 3.05) is 13.2 Å². The van der Waals surface area contributed by atoms with Crippen molar-refractivity contribution in [3.8, 4) is 11.5 Å². The predicted molar refractivity (Wildman–Crippen MR) is 71.9 cm³/mol. The Bertz CT molecular complexity index is 527. The number of aryl methyl sites for hydroxylation is 1. The van der Waals surface area contributed by atoms with Gasteiger partial charge >= 0.3 is 0 Å². The highest BCUT2D eigenvalue weighted by atomic mass is 16.5. The first kappa shape index (κ1) is 12.4. The molecule has 1 atom stereocenters. The van der Waals surface area contributed by atoms with Gasteiger partial charge in [-0.2, -0.15) is 4.98 Å². The van der Waals surface area contributed by atoms with Crippen LogP contribution in [0.15, 0.2) is 28.8 Å². The Morgan fingerprint density at radius 1 is 1.26 bits per heavy atom. The van der Waals surface area contributed by atoms with Gasteiger partial charge in [-0.15, -0.1) is 0 Å². The summed E-state index contributed by atoms with van der Waals surface area (Å²) in [4.78, 5) is 4.48. The van der Waals surface area contributed by atoms with Crippen LogP contribution in [-0.4, -0.2) is 23.4 Å². The van der Waals surface area contributed by atoms with Crippen LogP contribution in [0, 0.1) is 0 Å². The molecule has 3 rings (SSSR count). The minimum atomic E-state index is 0.289. The van der Waals surface area contributed by atoms with Gasteiger partial charge < -0.3 is 9.26 Å². The van der Waals surface area contributed by atoms with Gasteiger partial charge in [0.2, 0.25) is 0 Å². The molecule has 4 heteroatoms. The molecule has 1 saturated heterocycles. The zero-order valence-corrected chi connectivity index (χ0v) is 11.1. The Balaban J connectivity index is 1.77. The van der Waals surface area contributed by atoms with Gasteiger partial charge in [0.1, 0.15) is 0 Å². The van der Waals surface area contributed by atoms with Crippen LogP contribution >= 0.6 is 0 Å². The third kappa shape index (κ3) is 2.68. The second-order valence-corrected chi connectivity index (χ2v) is 4.97. The van der Waals surface area contributed by atoms with E-state index < -0.39 is 0 Å². The summed E-state index contributed by atoms with van der Waals surface area (Å²) >= 11 is 0. The monoisotopic (exact) mass is 258 g/mol. The van der Waals surface area contributed by atoms with E-state index in [1.54, 1.807) is 0 Å². The summed E-state index contributed by atoms with van der Waals surface area (Å²) in [7, 11) is 0. The molecule has 0 saturated carbocycles. The first-order chi connectivity index (χ1) is 9.36. The van der Waals surface area contributed by atoms with E-state index >= 15 is 0 Å². The number of rotatable bonds is 4. The molecule has 0 aliphatic carbocycles. The second-order valence-electron chi connectivity index (χ2n) is 4.97. The number of hydrogen-bond acceptors (Lipinski definition) is 4. The van der Waals surface area contributed by atoms with Gasteiger partial charge in [0.15, 0.2) is 5.82 Å². The van der Waals surface area contributed by atoms with Crippen molar-refractivity contribution < 1.29 is 9.26 Å². The Kier molecular flexibility index (Phi) is 3.60. The topological polar surface area (TPSA) is 48.2 Å². The summed E-state index contributed by atoms with van der Waals surface area (Å²) in [6.07, 6.45) is 3.24. The van der Waals surface area contributed by atoms with E-state index in [4.69, 9.17) is 9.26 Å². The van der Waals surface area contributed by atoms with Crippen LogP contribution in [0.2, 0.25) is 0 Å². The van der Waals surface area contributed by atoms with Crippen molar-refractivity contribution in [2.24, 2.45) is 0 Å². The fraction of sp³-hybridized carbons (Fsp3) is 0.467. The maximum atomic E-state index is 5.35. The third-order valence-corrected chi connectivity index (χ3v) is 3.48. The van der Waals surface area contributed by atoms with E-state index in [1.165, 1.54) is 5.56 Å². The van der Waals surface area contributed by atoms with Crippen LogP contribution in [0.1, 0.15) is 37.1 Å². The first-order valence-corrected chi connectivity index (χ1v) is 6.87. The second kappa shape index (κ2) is 5.53. The Morgan fingerprint density at radius 2 is 2.11 bits per heavy atom. The van der Waals surface area contributed by atoms with Crippen molar-refractivity contribution in [3.63, 3.8) is 0 Å². The minimum Gasteiger partial charge on any atom is -0.381 e. The molecule has 1 aromatic heterocycles. The summed E-state index contributed by atoms with van der Waals surface area (Å²) in [5.41, 5.74) is 2.33. The molecule has 2 aromatic rings. The van der Waals surface area contributed by atoms with Crippen molar-refractivity contribution >= 4 is 0 Å². The fourth-order valence-corrected chi connectivity index (χ4v) is 2.36. The lowest BCUT2D eigenvalue weighted by molar-refractivity contribution is 0.192. The normalized spacial score (nSPS) is 18.9. The summed E-state index contributed by atoms with van der Waals surface area (Å²) < 4.78 is 10.7. The van der Waals surface area contributed by atoms with Gasteiger partial charge in [-0.25, -0.2) is 0 Å². The predicted octanol–water partition coefficient (Wildman–Crippen LogP) is 3.19. The third-order valence-electron chi connectivity index (χ3n) is 3.48. The molecule has 1 fully saturated rings. The van der Waals surface area contributed by atoms with E-state index in [1.807, 2.05) is 12.1 Å². The van der Waals surface area contributed by atoms with Crippen molar-refractivity contribution in [1.29, 1.82) is 0 Å². The van der Waals surface area contributed by atoms with E-state index in [0.29, 0.717) is 12.5 Å². The number of hydrogen-bond donors (Lipinski definition) is 0. The van der Waals surface area contributed by atoms with Gasteiger partial charge in [-0.3, -0.25) is 0 Å². The zero-order valence-electron chi connectivity index (χ0n) is 11.1. The van der Waals surface area contributed by atoms with Gasteiger partial charge in [-0.05, 0) is 30.5 Å². The summed E-state index contributed by atoms with van der Waals surface area (Å²) in [6.45, 7) is 3.68. The smallest absolute Gasteiger partial charge is 0.257 e. The van der Waals surface area contributed by atoms with E-state index in [9.17, 15) is 0 Å². The Morgan fingerprint density at radius 3 is 2.79 bits per heavy atom. The highest BCUT2D eigenvalue weighted by Gasteiger charge is 2.23. The van der Waals surface area contributed by atoms with E-state index in [-0.39, 0.29) is 5.92 Å². The molecule has 0 bridgehead atoms. The molecule has 0 spiro atoms. The SMILES string of the molecule is CCCc1ccc(-c2nc([C@@H]3CCOC3)no2)cc1. The molecule has 1 aromatic carbocycles. The molecule has 19 heavy (non-hydrogen) atoms. The standard InChI is InChI=1S/C15H18N2O2/c1-2-3-11-4-6-12(7-5-11)15-16-14(17-19-15)13-8-9-18-10-13/h4-7,13H,2-3,8-10H2,1H3/t13-/m1/s1. The van der Waals surface area contributed by atoms with Crippen LogP contribution in [0.4, 0.5) is 0 Å². The van der Waals surface area contributed by atoms with Crippen LogP contribution in [0.25, 0.3) is 11.5 Å². The fourth-order valence-electron chi connectivity index (χ4n) is 2.36. The van der Waals surface area contributed by atoms with Crippen molar-refractivity contribution in [1.82, 2.24) is 10.1 Å². The van der Waals surface area contributed by atoms with Crippen LogP contribution in [-0.2, 0) is 11.2 Å². The lowest BCUT2D eigenvalue weighted by Gasteiger charge is -1.99. The highest BCUT2D eigenvalue weighted by Crippen LogP contribution is 2.25. The molecule has 0 amide bonds. The van der Waals surface area contributed by atoms with Gasteiger partial charge in [0.05, 0.1) is 6.61 Å². The molecule has 0 radical (unpaired) electrons. The van der Waals surface area contributed by atoms with E-state index in [2.05, 4.69) is 29.2 Å². The highest BCUT2D eigenvalue weighted by molar-refractivity contribution is 5.53. The summed E-state index contributed by atoms with van der Waals surface area (Å²) in [5.74, 6) is 1.66. The average Bonchev–Trinajstić information content (AvgIpc) is 3.11. The number of aromatic nitrogens is 2. The van der Waals surface area contributed by atoms with Crippen LogP contribution < -0.4 is 0 Å². The molecule has 1 aliphatic heterocycles. The molecule has 2 heterocycles. The van der Waals surface area contributed by atoms with Gasteiger partial charge in [0.25, 0.3) is 5.89 Å². The number of nitrogens with zero attached hydrogens (tertiary/aromatic N) is 2. The summed E-state index contributed by atoms with van der Waals surface area (Å²) in [5, 5.41) is 4.07. The quantitative estimate of drug-likeness (QED) is 0.845. The molecule has 0 unspecified atom stereocenters. The Labute approximate surface area is 112 Å². The Hall–Kier alpha value is -1.68. The molecular weight excluding hydrogens is 240 g/mol. The first-order valence-electron chi connectivity index (χ1n) is 6.87. The molecule has 4 nitrogen and oxygen atoms in total.